The van der Waals surface area contributed by atoms with Gasteiger partial charge in [-0.1, -0.05) is 30.3 Å². The third-order valence-electron chi connectivity index (χ3n) is 3.99. The number of hydrogen-bond donors (Lipinski definition) is 1. The Balaban J connectivity index is 1.79. The van der Waals surface area contributed by atoms with E-state index in [-0.39, 0.29) is 0 Å². The van der Waals surface area contributed by atoms with Crippen molar-refractivity contribution in [3.8, 4) is 11.4 Å². The summed E-state index contributed by atoms with van der Waals surface area (Å²) in [4.78, 5) is 9.30. The summed E-state index contributed by atoms with van der Waals surface area (Å²) in [5.74, 6) is 0.857. The first kappa shape index (κ1) is 10.2. The lowest BCUT2D eigenvalue weighted by molar-refractivity contribution is 0.504. The second kappa shape index (κ2) is 3.89. The summed E-state index contributed by atoms with van der Waals surface area (Å²) in [6.07, 6.45) is 5.56. The third-order valence-corrected chi connectivity index (χ3v) is 3.99. The summed E-state index contributed by atoms with van der Waals surface area (Å²) < 4.78 is 0. The molecule has 18 heavy (non-hydrogen) atoms. The lowest BCUT2D eigenvalue weighted by Crippen LogP contribution is -2.32. The van der Waals surface area contributed by atoms with E-state index in [0.717, 1.165) is 17.8 Å². The van der Waals surface area contributed by atoms with E-state index in [1.54, 1.807) is 0 Å². The highest BCUT2D eigenvalue weighted by atomic mass is 15.0. The molecule has 1 N–H and O–H groups in total. The van der Waals surface area contributed by atoms with E-state index in [9.17, 15) is 0 Å². The highest BCUT2D eigenvalue weighted by Gasteiger charge is 2.33. The Hall–Kier alpha value is -1.74. The van der Waals surface area contributed by atoms with Gasteiger partial charge >= 0.3 is 0 Å². The average molecular weight is 237 g/mol. The van der Waals surface area contributed by atoms with Gasteiger partial charge in [0.25, 0.3) is 0 Å². The van der Waals surface area contributed by atoms with Gasteiger partial charge < -0.3 is 5.32 Å². The van der Waals surface area contributed by atoms with Crippen molar-refractivity contribution in [1.82, 2.24) is 15.3 Å². The van der Waals surface area contributed by atoms with Gasteiger partial charge in [0.2, 0.25) is 0 Å². The fourth-order valence-electron chi connectivity index (χ4n) is 3.07. The Morgan fingerprint density at radius 3 is 2.89 bits per heavy atom. The van der Waals surface area contributed by atoms with Crippen LogP contribution in [0, 0.1) is 0 Å². The summed E-state index contributed by atoms with van der Waals surface area (Å²) in [6.45, 7) is 0. The molecule has 90 valence electrons. The second-order valence-corrected chi connectivity index (χ2v) is 5.16. The van der Waals surface area contributed by atoms with Crippen molar-refractivity contribution in [3.05, 3.63) is 47.8 Å². The molecule has 2 aliphatic heterocycles. The van der Waals surface area contributed by atoms with Crippen molar-refractivity contribution < 1.29 is 0 Å². The Bertz CT molecular complexity index is 580. The van der Waals surface area contributed by atoms with Gasteiger partial charge in [0.05, 0.1) is 5.69 Å². The standard InChI is InChI=1S/C15H15N3/c1-2-4-10(5-3-1)15-16-9-12-13-7-6-11(17-13)8-14(12)18-15/h1-5,9,11,13,17H,6-8H2/t11-,13+/m0/s1. The van der Waals surface area contributed by atoms with Gasteiger partial charge in [0.1, 0.15) is 0 Å². The van der Waals surface area contributed by atoms with Crippen LogP contribution in [0.1, 0.15) is 30.1 Å². The molecule has 0 amide bonds. The van der Waals surface area contributed by atoms with E-state index in [1.165, 1.54) is 24.1 Å². The third kappa shape index (κ3) is 1.55. The Morgan fingerprint density at radius 1 is 1.11 bits per heavy atom. The average Bonchev–Trinajstić information content (AvgIpc) is 2.82. The van der Waals surface area contributed by atoms with Crippen molar-refractivity contribution >= 4 is 0 Å². The number of nitrogens with one attached hydrogen (secondary N) is 1. The molecule has 2 atom stereocenters. The molecule has 3 heterocycles. The fourth-order valence-corrected chi connectivity index (χ4v) is 3.07. The van der Waals surface area contributed by atoms with Gasteiger partial charge in [-0.3, -0.25) is 0 Å². The predicted molar refractivity (Wildman–Crippen MR) is 70.1 cm³/mol. The van der Waals surface area contributed by atoms with Crippen LogP contribution in [0.25, 0.3) is 11.4 Å². The summed E-state index contributed by atoms with van der Waals surface area (Å²) in [6, 6.07) is 11.3. The highest BCUT2D eigenvalue weighted by molar-refractivity contribution is 5.55. The minimum Gasteiger partial charge on any atom is -0.307 e. The molecule has 0 spiro atoms. The number of hydrogen-bond acceptors (Lipinski definition) is 3. The molecule has 0 saturated carbocycles. The first-order valence-electron chi connectivity index (χ1n) is 6.57. The maximum absolute atomic E-state index is 4.77. The maximum atomic E-state index is 4.77. The monoisotopic (exact) mass is 237 g/mol. The minimum atomic E-state index is 0.489. The summed E-state index contributed by atoms with van der Waals surface area (Å²) in [5.41, 5.74) is 3.66. The molecule has 4 rings (SSSR count). The second-order valence-electron chi connectivity index (χ2n) is 5.16. The number of fused-ring (bicyclic) bond motifs is 4. The molecule has 2 aliphatic rings. The smallest absolute Gasteiger partial charge is 0.159 e. The lowest BCUT2D eigenvalue weighted by Gasteiger charge is -2.23. The molecule has 3 heteroatoms. The molecule has 0 radical (unpaired) electrons. The van der Waals surface area contributed by atoms with Crippen LogP contribution in [0.2, 0.25) is 0 Å². The van der Waals surface area contributed by atoms with Gasteiger partial charge in [-0.15, -0.1) is 0 Å². The Morgan fingerprint density at radius 2 is 2.00 bits per heavy atom. The van der Waals surface area contributed by atoms with Crippen molar-refractivity contribution in [2.75, 3.05) is 0 Å². The topological polar surface area (TPSA) is 37.8 Å². The number of rotatable bonds is 1. The quantitative estimate of drug-likeness (QED) is 0.828. The van der Waals surface area contributed by atoms with E-state index < -0.39 is 0 Å². The van der Waals surface area contributed by atoms with Crippen LogP contribution >= 0.6 is 0 Å². The Kier molecular flexibility index (Phi) is 2.20. The van der Waals surface area contributed by atoms with E-state index in [2.05, 4.69) is 22.4 Å². The van der Waals surface area contributed by atoms with E-state index >= 15 is 0 Å². The van der Waals surface area contributed by atoms with Gasteiger partial charge in [0, 0.05) is 35.8 Å². The van der Waals surface area contributed by atoms with Gasteiger partial charge in [-0.05, 0) is 12.8 Å². The van der Waals surface area contributed by atoms with Gasteiger partial charge in [-0.25, -0.2) is 9.97 Å². The summed E-state index contributed by atoms with van der Waals surface area (Å²) >= 11 is 0. The van der Waals surface area contributed by atoms with Crippen molar-refractivity contribution in [2.45, 2.75) is 31.3 Å². The van der Waals surface area contributed by atoms with Gasteiger partial charge in [0.15, 0.2) is 5.82 Å². The zero-order chi connectivity index (χ0) is 11.9. The van der Waals surface area contributed by atoms with Crippen LogP contribution in [-0.2, 0) is 6.42 Å². The maximum Gasteiger partial charge on any atom is 0.159 e. The predicted octanol–water partition coefficient (Wildman–Crippen LogP) is 2.49. The number of benzene rings is 1. The first-order chi connectivity index (χ1) is 8.90. The Labute approximate surface area is 106 Å². The molecule has 1 saturated heterocycles. The zero-order valence-electron chi connectivity index (χ0n) is 10.1. The van der Waals surface area contributed by atoms with E-state index in [0.29, 0.717) is 12.1 Å². The van der Waals surface area contributed by atoms with Crippen molar-refractivity contribution in [1.29, 1.82) is 0 Å². The van der Waals surface area contributed by atoms with Crippen molar-refractivity contribution in [3.63, 3.8) is 0 Å². The van der Waals surface area contributed by atoms with Crippen LogP contribution in [0.4, 0.5) is 0 Å². The van der Waals surface area contributed by atoms with E-state index in [1.807, 2.05) is 24.4 Å². The van der Waals surface area contributed by atoms with Crippen LogP contribution in [0.15, 0.2) is 36.5 Å². The van der Waals surface area contributed by atoms with Crippen LogP contribution in [0.5, 0.6) is 0 Å². The van der Waals surface area contributed by atoms with Crippen LogP contribution < -0.4 is 5.32 Å². The molecule has 1 aromatic heterocycles. The van der Waals surface area contributed by atoms with E-state index in [4.69, 9.17) is 4.98 Å². The molecule has 0 unspecified atom stereocenters. The molecular weight excluding hydrogens is 222 g/mol. The highest BCUT2D eigenvalue weighted by Crippen LogP contribution is 2.35. The van der Waals surface area contributed by atoms with Crippen molar-refractivity contribution in [2.24, 2.45) is 0 Å². The molecule has 2 aromatic rings. The number of aromatic nitrogens is 2. The molecule has 1 fully saturated rings. The molecule has 0 aliphatic carbocycles. The largest absolute Gasteiger partial charge is 0.307 e. The molecular formula is C15H15N3. The first-order valence-corrected chi connectivity index (χ1v) is 6.57. The summed E-state index contributed by atoms with van der Waals surface area (Å²) in [5, 5.41) is 3.63. The summed E-state index contributed by atoms with van der Waals surface area (Å²) in [7, 11) is 0. The minimum absolute atomic E-state index is 0.489. The van der Waals surface area contributed by atoms with Crippen LogP contribution in [-0.4, -0.2) is 16.0 Å². The molecule has 1 aromatic carbocycles. The fraction of sp³-hybridized carbons (Fsp3) is 0.333. The van der Waals surface area contributed by atoms with Gasteiger partial charge in [-0.2, -0.15) is 0 Å². The zero-order valence-corrected chi connectivity index (χ0v) is 10.1. The SMILES string of the molecule is c1ccc(-c2ncc3c(n2)C[C@@H]2CC[C@H]3N2)cc1. The number of nitrogens with zero attached hydrogens (tertiary/aromatic N) is 2. The molecule has 3 nitrogen and oxygen atoms in total. The van der Waals surface area contributed by atoms with Crippen LogP contribution in [0.3, 0.4) is 0 Å². The normalized spacial score (nSPS) is 24.9. The molecule has 2 bridgehead atoms. The lowest BCUT2D eigenvalue weighted by atomic mass is 10.0.